The Morgan fingerprint density at radius 1 is 1.06 bits per heavy atom. The number of fused-ring (bicyclic) bond motifs is 1. The van der Waals surface area contributed by atoms with E-state index in [0.29, 0.717) is 36.3 Å². The molecule has 0 unspecified atom stereocenters. The average molecular weight is 489 g/mol. The lowest BCUT2D eigenvalue weighted by atomic mass is 10.0. The largest absolute Gasteiger partial charge is 0.353 e. The van der Waals surface area contributed by atoms with Crippen LogP contribution in [-0.2, 0) is 17.6 Å². The first kappa shape index (κ1) is 25.6. The molecule has 7 nitrogen and oxygen atoms in total. The number of hydrogen-bond acceptors (Lipinski definition) is 4. The molecule has 1 saturated heterocycles. The molecule has 1 aromatic carbocycles. The van der Waals surface area contributed by atoms with Gasteiger partial charge in [0.25, 0.3) is 5.91 Å². The number of amides is 2. The quantitative estimate of drug-likeness (QED) is 0.375. The summed E-state index contributed by atoms with van der Waals surface area (Å²) < 4.78 is 1.87. The van der Waals surface area contributed by atoms with Crippen molar-refractivity contribution >= 4 is 23.1 Å². The zero-order valence-corrected chi connectivity index (χ0v) is 21.7. The molecule has 0 radical (unpaired) electrons. The van der Waals surface area contributed by atoms with Crippen molar-refractivity contribution in [1.82, 2.24) is 19.9 Å². The molecule has 3 aromatic rings. The minimum Gasteiger partial charge on any atom is -0.353 e. The zero-order chi connectivity index (χ0) is 25.9. The van der Waals surface area contributed by atoms with Crippen LogP contribution in [-0.4, -0.2) is 58.6 Å². The van der Waals surface area contributed by atoms with Gasteiger partial charge >= 0.3 is 0 Å². The molecule has 1 aliphatic heterocycles. The fourth-order valence-electron chi connectivity index (χ4n) is 4.60. The number of pyridine rings is 1. The maximum absolute atomic E-state index is 13.5. The summed E-state index contributed by atoms with van der Waals surface area (Å²) in [6, 6.07) is 13.4. The van der Waals surface area contributed by atoms with Crippen molar-refractivity contribution in [2.45, 2.75) is 52.5 Å². The lowest BCUT2D eigenvalue weighted by molar-refractivity contribution is -0.123. The first-order valence-corrected chi connectivity index (χ1v) is 12.7. The van der Waals surface area contributed by atoms with Crippen molar-refractivity contribution in [3.05, 3.63) is 76.6 Å². The number of aromatic nitrogens is 1. The van der Waals surface area contributed by atoms with Crippen molar-refractivity contribution in [1.29, 1.82) is 0 Å². The summed E-state index contributed by atoms with van der Waals surface area (Å²) in [5.41, 5.74) is 4.87. The van der Waals surface area contributed by atoms with Crippen molar-refractivity contribution < 1.29 is 14.4 Å². The molecule has 0 spiro atoms. The van der Waals surface area contributed by atoms with Crippen LogP contribution in [0.1, 0.15) is 71.7 Å². The van der Waals surface area contributed by atoms with Gasteiger partial charge in [0.05, 0.1) is 12.2 Å². The van der Waals surface area contributed by atoms with Crippen molar-refractivity contribution in [3.8, 4) is 0 Å². The van der Waals surface area contributed by atoms with Gasteiger partial charge in [-0.1, -0.05) is 31.2 Å². The van der Waals surface area contributed by atoms with E-state index in [1.54, 1.807) is 23.2 Å². The second kappa shape index (κ2) is 10.7. The Morgan fingerprint density at radius 3 is 2.47 bits per heavy atom. The third kappa shape index (κ3) is 5.85. The highest BCUT2D eigenvalue weighted by atomic mass is 16.2. The lowest BCUT2D eigenvalue weighted by Crippen LogP contribution is -2.49. The standard InChI is InChI=1S/C29H36N4O3/c1-5-21-17-24-18-23(28(36)32-16-14-30-25(34)19-32)12-15-33(24)26(21)27(35)22-10-8-20(9-11-22)7-6-13-31-29(2,3)4/h8-12,15,17-18,31H,5-7,13-14,16,19H2,1-4H3,(H,30,34). The fourth-order valence-corrected chi connectivity index (χ4v) is 4.60. The smallest absolute Gasteiger partial charge is 0.254 e. The van der Waals surface area contributed by atoms with Crippen LogP contribution in [0.25, 0.3) is 5.52 Å². The predicted octanol–water partition coefficient (Wildman–Crippen LogP) is 3.63. The average Bonchev–Trinajstić information content (AvgIpc) is 3.23. The molecule has 0 bridgehead atoms. The molecular formula is C29H36N4O3. The number of nitrogens with zero attached hydrogens (tertiary/aromatic N) is 2. The van der Waals surface area contributed by atoms with Gasteiger partial charge in [0.15, 0.2) is 0 Å². The van der Waals surface area contributed by atoms with Crippen LogP contribution < -0.4 is 10.6 Å². The summed E-state index contributed by atoms with van der Waals surface area (Å²) in [7, 11) is 0. The summed E-state index contributed by atoms with van der Waals surface area (Å²) in [5, 5.41) is 6.24. The molecule has 1 aliphatic rings. The van der Waals surface area contributed by atoms with Gasteiger partial charge in [0, 0.05) is 41.5 Å². The lowest BCUT2D eigenvalue weighted by Gasteiger charge is -2.26. The van der Waals surface area contributed by atoms with E-state index in [4.69, 9.17) is 0 Å². The fraction of sp³-hybridized carbons (Fsp3) is 0.414. The first-order chi connectivity index (χ1) is 17.2. The molecule has 2 aromatic heterocycles. The first-order valence-electron chi connectivity index (χ1n) is 12.7. The maximum atomic E-state index is 13.5. The third-order valence-corrected chi connectivity index (χ3v) is 6.53. The van der Waals surface area contributed by atoms with Gasteiger partial charge < -0.3 is 19.9 Å². The molecule has 1 fully saturated rings. The highest BCUT2D eigenvalue weighted by Gasteiger charge is 2.24. The van der Waals surface area contributed by atoms with Gasteiger partial charge in [-0.05, 0) is 75.9 Å². The highest BCUT2D eigenvalue weighted by molar-refractivity contribution is 6.10. The Hall–Kier alpha value is -3.45. The van der Waals surface area contributed by atoms with Crippen molar-refractivity contribution in [2.24, 2.45) is 0 Å². The van der Waals surface area contributed by atoms with Crippen LogP contribution in [0, 0.1) is 0 Å². The SMILES string of the molecule is CCc1cc2cc(C(=O)N3CCNC(=O)C3)ccn2c1C(=O)c1ccc(CCCNC(C)(C)C)cc1. The zero-order valence-electron chi connectivity index (χ0n) is 21.7. The van der Waals surface area contributed by atoms with Gasteiger partial charge in [-0.15, -0.1) is 0 Å². The van der Waals surface area contributed by atoms with E-state index in [-0.39, 0.29) is 29.7 Å². The van der Waals surface area contributed by atoms with Gasteiger partial charge in [-0.3, -0.25) is 14.4 Å². The number of nitrogens with one attached hydrogen (secondary N) is 2. The van der Waals surface area contributed by atoms with Crippen LogP contribution in [0.4, 0.5) is 0 Å². The van der Waals surface area contributed by atoms with E-state index in [2.05, 4.69) is 31.4 Å². The molecular weight excluding hydrogens is 452 g/mol. The van der Waals surface area contributed by atoms with E-state index in [1.807, 2.05) is 41.7 Å². The molecule has 7 heteroatoms. The molecule has 4 rings (SSSR count). The molecule has 3 heterocycles. The van der Waals surface area contributed by atoms with E-state index in [0.717, 1.165) is 30.5 Å². The number of benzene rings is 1. The number of rotatable bonds is 8. The van der Waals surface area contributed by atoms with Crippen LogP contribution in [0.5, 0.6) is 0 Å². The Labute approximate surface area is 212 Å². The minimum atomic E-state index is -0.173. The third-order valence-electron chi connectivity index (χ3n) is 6.53. The van der Waals surface area contributed by atoms with E-state index >= 15 is 0 Å². The van der Waals surface area contributed by atoms with Gasteiger partial charge in [-0.25, -0.2) is 0 Å². The number of carbonyl (C=O) groups excluding carboxylic acids is 3. The second-order valence-corrected chi connectivity index (χ2v) is 10.5. The van der Waals surface area contributed by atoms with Crippen molar-refractivity contribution in [2.75, 3.05) is 26.2 Å². The molecule has 0 saturated carbocycles. The second-order valence-electron chi connectivity index (χ2n) is 10.5. The van der Waals surface area contributed by atoms with Gasteiger partial charge in [0.1, 0.15) is 0 Å². The van der Waals surface area contributed by atoms with E-state index in [1.165, 1.54) is 5.56 Å². The molecule has 0 aliphatic carbocycles. The molecule has 36 heavy (non-hydrogen) atoms. The summed E-state index contributed by atoms with van der Waals surface area (Å²) in [6.07, 6.45) is 4.49. The van der Waals surface area contributed by atoms with Crippen LogP contribution in [0.2, 0.25) is 0 Å². The number of aryl methyl sites for hydroxylation is 2. The summed E-state index contributed by atoms with van der Waals surface area (Å²) in [4.78, 5) is 39.7. The van der Waals surface area contributed by atoms with Crippen molar-refractivity contribution in [3.63, 3.8) is 0 Å². The number of piperazine rings is 1. The minimum absolute atomic E-state index is 0.0282. The molecule has 2 amide bonds. The predicted molar refractivity (Wildman–Crippen MR) is 142 cm³/mol. The number of carbonyl (C=O) groups is 3. The van der Waals surface area contributed by atoms with Gasteiger partial charge in [0.2, 0.25) is 11.7 Å². The normalized spacial score (nSPS) is 14.2. The summed E-state index contributed by atoms with van der Waals surface area (Å²) >= 11 is 0. The summed E-state index contributed by atoms with van der Waals surface area (Å²) in [5.74, 6) is -0.348. The number of ketones is 1. The molecule has 190 valence electrons. The molecule has 2 N–H and O–H groups in total. The van der Waals surface area contributed by atoms with E-state index in [9.17, 15) is 14.4 Å². The summed E-state index contributed by atoms with van der Waals surface area (Å²) in [6.45, 7) is 10.5. The topological polar surface area (TPSA) is 82.9 Å². The van der Waals surface area contributed by atoms with Crippen LogP contribution in [0.3, 0.4) is 0 Å². The number of hydrogen-bond donors (Lipinski definition) is 2. The van der Waals surface area contributed by atoms with E-state index < -0.39 is 0 Å². The Morgan fingerprint density at radius 2 is 1.81 bits per heavy atom. The van der Waals surface area contributed by atoms with Crippen LogP contribution in [0.15, 0.2) is 48.7 Å². The molecule has 0 atom stereocenters. The monoisotopic (exact) mass is 488 g/mol. The highest BCUT2D eigenvalue weighted by Crippen LogP contribution is 2.23. The Kier molecular flexibility index (Phi) is 7.59. The van der Waals surface area contributed by atoms with Crippen LogP contribution >= 0.6 is 0 Å². The Bertz CT molecular complexity index is 1270. The Balaban J connectivity index is 1.52. The maximum Gasteiger partial charge on any atom is 0.254 e. The van der Waals surface area contributed by atoms with Gasteiger partial charge in [-0.2, -0.15) is 0 Å².